The van der Waals surface area contributed by atoms with Gasteiger partial charge >= 0.3 is 0 Å². The van der Waals surface area contributed by atoms with Gasteiger partial charge in [0.25, 0.3) is 17.7 Å². The molecule has 1 aliphatic rings. The number of carbonyl (C=O) groups excluding carboxylic acids is 3. The number of nitrogens with one attached hydrogen (secondary N) is 2. The van der Waals surface area contributed by atoms with Crippen LogP contribution in [0.2, 0.25) is 5.02 Å². The van der Waals surface area contributed by atoms with Crippen molar-refractivity contribution in [1.82, 2.24) is 0 Å². The summed E-state index contributed by atoms with van der Waals surface area (Å²) in [6, 6.07) is 14.1. The lowest BCUT2D eigenvalue weighted by Gasteiger charge is -2.16. The van der Waals surface area contributed by atoms with E-state index in [4.69, 9.17) is 23.2 Å². The Morgan fingerprint density at radius 2 is 1.63 bits per heavy atom. The summed E-state index contributed by atoms with van der Waals surface area (Å²) in [6.07, 6.45) is 0. The van der Waals surface area contributed by atoms with Crippen LogP contribution in [0.15, 0.2) is 65.3 Å². The van der Waals surface area contributed by atoms with E-state index in [-0.39, 0.29) is 27.3 Å². The van der Waals surface area contributed by atoms with Gasteiger partial charge in [-0.3, -0.25) is 14.4 Å². The molecule has 4 rings (SSSR count). The second kappa shape index (κ2) is 9.52. The first kappa shape index (κ1) is 24.4. The minimum Gasteiger partial charge on any atom is -0.349 e. The van der Waals surface area contributed by atoms with Crippen molar-refractivity contribution in [2.24, 2.45) is 0 Å². The van der Waals surface area contributed by atoms with Gasteiger partial charge in [-0.1, -0.05) is 41.4 Å². The quantitative estimate of drug-likeness (QED) is 0.406. The molecule has 0 spiro atoms. The Morgan fingerprint density at radius 1 is 0.886 bits per heavy atom. The number of hydrogen-bond acceptors (Lipinski definition) is 4. The summed E-state index contributed by atoms with van der Waals surface area (Å²) >= 11 is 12.0. The topological polar surface area (TPSA) is 78.5 Å². The molecule has 9 heteroatoms. The standard InChI is InChI=1S/C26H20Cl2FN3O3/c1-13-5-4-6-20(15(13)3)31-24(33)16-8-7-14(2)21(11-16)30-23-22(28)25(34)32(26(23)35)17-9-10-19(29)18(27)12-17/h4-12,30H,1-3H3,(H,31,33). The molecular weight excluding hydrogens is 492 g/mol. The zero-order valence-corrected chi connectivity index (χ0v) is 20.5. The number of hydrogen-bond donors (Lipinski definition) is 2. The molecule has 6 nitrogen and oxygen atoms in total. The third-order valence-electron chi connectivity index (χ3n) is 5.80. The molecule has 3 aromatic rings. The molecule has 1 heterocycles. The van der Waals surface area contributed by atoms with E-state index in [9.17, 15) is 18.8 Å². The molecule has 3 aromatic carbocycles. The van der Waals surface area contributed by atoms with Crippen molar-refractivity contribution >= 4 is 58.0 Å². The van der Waals surface area contributed by atoms with Crippen LogP contribution in [0.5, 0.6) is 0 Å². The van der Waals surface area contributed by atoms with Gasteiger partial charge in [0.1, 0.15) is 16.5 Å². The van der Waals surface area contributed by atoms with Crippen LogP contribution in [-0.2, 0) is 9.59 Å². The van der Waals surface area contributed by atoms with E-state index < -0.39 is 17.6 Å². The Hall–Kier alpha value is -3.68. The Balaban J connectivity index is 1.60. The number of nitrogens with zero attached hydrogens (tertiary/aromatic N) is 1. The second-order valence-electron chi connectivity index (χ2n) is 8.09. The lowest BCUT2D eigenvalue weighted by molar-refractivity contribution is -0.120. The molecule has 0 fully saturated rings. The van der Waals surface area contributed by atoms with Gasteiger partial charge in [0.15, 0.2) is 0 Å². The van der Waals surface area contributed by atoms with E-state index in [1.807, 2.05) is 32.0 Å². The number of aryl methyl sites for hydroxylation is 2. The lowest BCUT2D eigenvalue weighted by atomic mass is 10.1. The minimum atomic E-state index is -0.775. The van der Waals surface area contributed by atoms with Gasteiger partial charge in [0.2, 0.25) is 0 Å². The monoisotopic (exact) mass is 511 g/mol. The van der Waals surface area contributed by atoms with Gasteiger partial charge in [-0.05, 0) is 73.9 Å². The van der Waals surface area contributed by atoms with Crippen LogP contribution >= 0.6 is 23.2 Å². The fourth-order valence-electron chi connectivity index (χ4n) is 3.58. The van der Waals surface area contributed by atoms with E-state index >= 15 is 0 Å². The van der Waals surface area contributed by atoms with Gasteiger partial charge in [0, 0.05) is 16.9 Å². The first-order valence-electron chi connectivity index (χ1n) is 10.6. The molecule has 0 unspecified atom stereocenters. The van der Waals surface area contributed by atoms with E-state index in [1.165, 1.54) is 12.1 Å². The summed E-state index contributed by atoms with van der Waals surface area (Å²) < 4.78 is 13.5. The molecule has 0 saturated heterocycles. The van der Waals surface area contributed by atoms with Crippen LogP contribution < -0.4 is 15.5 Å². The molecule has 1 aliphatic heterocycles. The SMILES string of the molecule is Cc1ccc(C(=O)Nc2cccc(C)c2C)cc1NC1=C(Cl)C(=O)N(c2ccc(F)c(Cl)c2)C1=O. The fraction of sp³-hybridized carbons (Fsp3) is 0.115. The molecule has 0 saturated carbocycles. The van der Waals surface area contributed by atoms with Crippen LogP contribution in [0, 0.1) is 26.6 Å². The third kappa shape index (κ3) is 4.65. The zero-order chi connectivity index (χ0) is 25.4. The summed E-state index contributed by atoms with van der Waals surface area (Å²) in [7, 11) is 0. The van der Waals surface area contributed by atoms with Crippen molar-refractivity contribution in [3.8, 4) is 0 Å². The van der Waals surface area contributed by atoms with Gasteiger partial charge in [-0.25, -0.2) is 9.29 Å². The maximum absolute atomic E-state index is 13.5. The number of imide groups is 1. The van der Waals surface area contributed by atoms with E-state index in [1.54, 1.807) is 25.1 Å². The van der Waals surface area contributed by atoms with Crippen molar-refractivity contribution < 1.29 is 18.8 Å². The predicted octanol–water partition coefficient (Wildman–Crippen LogP) is 6.09. The average Bonchev–Trinajstić information content (AvgIpc) is 3.03. The zero-order valence-electron chi connectivity index (χ0n) is 19.0. The number of carbonyl (C=O) groups is 3. The van der Waals surface area contributed by atoms with Gasteiger partial charge in [0.05, 0.1) is 10.7 Å². The van der Waals surface area contributed by atoms with Crippen LogP contribution in [0.1, 0.15) is 27.0 Å². The summed E-state index contributed by atoms with van der Waals surface area (Å²) in [5, 5.41) is 5.22. The number of anilines is 3. The normalized spacial score (nSPS) is 13.5. The summed E-state index contributed by atoms with van der Waals surface area (Å²) in [6.45, 7) is 5.66. The number of benzene rings is 3. The number of rotatable bonds is 5. The highest BCUT2D eigenvalue weighted by molar-refractivity contribution is 6.53. The van der Waals surface area contributed by atoms with Crippen molar-refractivity contribution in [3.05, 3.63) is 98.4 Å². The Morgan fingerprint density at radius 3 is 2.34 bits per heavy atom. The maximum Gasteiger partial charge on any atom is 0.283 e. The molecule has 35 heavy (non-hydrogen) atoms. The molecule has 178 valence electrons. The fourth-order valence-corrected chi connectivity index (χ4v) is 3.97. The van der Waals surface area contributed by atoms with E-state index in [0.717, 1.165) is 22.1 Å². The summed E-state index contributed by atoms with van der Waals surface area (Å²) in [5.41, 5.74) is 4.11. The van der Waals surface area contributed by atoms with Crippen molar-refractivity contribution in [1.29, 1.82) is 0 Å². The molecule has 0 radical (unpaired) electrons. The number of halogens is 3. The molecular formula is C26H20Cl2FN3O3. The van der Waals surface area contributed by atoms with Crippen molar-refractivity contribution in [2.45, 2.75) is 20.8 Å². The molecule has 3 amide bonds. The molecule has 0 aromatic heterocycles. The third-order valence-corrected chi connectivity index (χ3v) is 6.44. The summed E-state index contributed by atoms with van der Waals surface area (Å²) in [4.78, 5) is 39.5. The van der Waals surface area contributed by atoms with E-state index in [2.05, 4.69) is 10.6 Å². The summed E-state index contributed by atoms with van der Waals surface area (Å²) in [5.74, 6) is -2.52. The van der Waals surface area contributed by atoms with Crippen molar-refractivity contribution in [2.75, 3.05) is 15.5 Å². The van der Waals surface area contributed by atoms with E-state index in [0.29, 0.717) is 22.5 Å². The van der Waals surface area contributed by atoms with Crippen LogP contribution in [-0.4, -0.2) is 17.7 Å². The average molecular weight is 512 g/mol. The van der Waals surface area contributed by atoms with Gasteiger partial charge in [-0.2, -0.15) is 0 Å². The van der Waals surface area contributed by atoms with Crippen LogP contribution in [0.4, 0.5) is 21.5 Å². The van der Waals surface area contributed by atoms with Crippen LogP contribution in [0.3, 0.4) is 0 Å². The first-order chi connectivity index (χ1) is 16.6. The highest BCUT2D eigenvalue weighted by Gasteiger charge is 2.39. The predicted molar refractivity (Wildman–Crippen MR) is 135 cm³/mol. The molecule has 2 N–H and O–H groups in total. The van der Waals surface area contributed by atoms with Crippen LogP contribution in [0.25, 0.3) is 0 Å². The molecule has 0 atom stereocenters. The lowest BCUT2D eigenvalue weighted by Crippen LogP contribution is -2.32. The highest BCUT2D eigenvalue weighted by Crippen LogP contribution is 2.33. The largest absolute Gasteiger partial charge is 0.349 e. The first-order valence-corrected chi connectivity index (χ1v) is 11.3. The van der Waals surface area contributed by atoms with Gasteiger partial charge in [-0.15, -0.1) is 0 Å². The maximum atomic E-state index is 13.5. The Kier molecular flexibility index (Phi) is 6.65. The van der Waals surface area contributed by atoms with Crippen molar-refractivity contribution in [3.63, 3.8) is 0 Å². The second-order valence-corrected chi connectivity index (χ2v) is 8.87. The molecule has 0 aliphatic carbocycles. The number of amides is 3. The minimum absolute atomic E-state index is 0.0831. The highest BCUT2D eigenvalue weighted by atomic mass is 35.5. The Bertz CT molecular complexity index is 1440. The smallest absolute Gasteiger partial charge is 0.283 e. The van der Waals surface area contributed by atoms with Gasteiger partial charge < -0.3 is 10.6 Å². The Labute approximate surface area is 211 Å². The molecule has 0 bridgehead atoms.